The van der Waals surface area contributed by atoms with Crippen molar-refractivity contribution in [1.29, 1.82) is 0 Å². The number of nitrogens with zero attached hydrogens (tertiary/aromatic N) is 4. The summed E-state index contributed by atoms with van der Waals surface area (Å²) in [6.45, 7) is 1.78. The molecule has 0 aliphatic rings. The second kappa shape index (κ2) is 6.83. The number of nitrogens with one attached hydrogen (secondary N) is 1. The zero-order valence-corrected chi connectivity index (χ0v) is 14.3. The van der Waals surface area contributed by atoms with Gasteiger partial charge in [0.25, 0.3) is 5.89 Å². The molecule has 0 radical (unpaired) electrons. The Hall–Kier alpha value is -3.81. The smallest absolute Gasteiger partial charge is 0.320 e. The van der Waals surface area contributed by atoms with Gasteiger partial charge in [0.1, 0.15) is 5.82 Å². The Morgan fingerprint density at radius 1 is 1.04 bits per heavy atom. The van der Waals surface area contributed by atoms with Gasteiger partial charge in [-0.25, -0.2) is 9.07 Å². The monoisotopic (exact) mass is 363 g/mol. The van der Waals surface area contributed by atoms with Crippen LogP contribution < -0.4 is 10.7 Å². The molecule has 2 aromatic heterocycles. The number of benzene rings is 2. The zero-order valence-electron chi connectivity index (χ0n) is 14.3. The number of aryl methyl sites for hydroxylation is 1. The summed E-state index contributed by atoms with van der Waals surface area (Å²) in [6.07, 6.45) is 0. The molecule has 1 N–H and O–H groups in total. The minimum absolute atomic E-state index is 0.0125. The average molecular weight is 363 g/mol. The normalized spacial score (nSPS) is 10.7. The predicted molar refractivity (Wildman–Crippen MR) is 97.5 cm³/mol. The molecule has 134 valence electrons. The lowest BCUT2D eigenvalue weighted by Gasteiger charge is -2.09. The van der Waals surface area contributed by atoms with Crippen molar-refractivity contribution >= 4 is 11.7 Å². The van der Waals surface area contributed by atoms with Gasteiger partial charge in [-0.2, -0.15) is 5.10 Å². The Bertz CT molecular complexity index is 1150. The highest BCUT2D eigenvalue weighted by molar-refractivity contribution is 5.54. The van der Waals surface area contributed by atoms with Crippen LogP contribution in [-0.4, -0.2) is 20.0 Å². The van der Waals surface area contributed by atoms with Crippen LogP contribution in [-0.2, 0) is 0 Å². The molecule has 0 spiro atoms. The lowest BCUT2D eigenvalue weighted by molar-refractivity contribution is 0.577. The standard InChI is InChI=1S/C19H14FN5O2/c1-12-11-16(26)17(24-25(12)13-7-3-2-4-8-13)18-22-23-19(27-18)21-15-10-6-5-9-14(15)20/h2-11H,1H3,(H,21,23). The summed E-state index contributed by atoms with van der Waals surface area (Å²) in [5, 5.41) is 14.7. The number of halogens is 1. The summed E-state index contributed by atoms with van der Waals surface area (Å²) in [5.41, 5.74) is 1.31. The highest BCUT2D eigenvalue weighted by atomic mass is 19.1. The Kier molecular flexibility index (Phi) is 4.21. The van der Waals surface area contributed by atoms with Crippen molar-refractivity contribution < 1.29 is 8.81 Å². The van der Waals surface area contributed by atoms with E-state index in [2.05, 4.69) is 20.6 Å². The fourth-order valence-electron chi connectivity index (χ4n) is 2.57. The van der Waals surface area contributed by atoms with Crippen LogP contribution in [0.15, 0.2) is 69.9 Å². The Morgan fingerprint density at radius 3 is 2.56 bits per heavy atom. The molecular formula is C19H14FN5O2. The van der Waals surface area contributed by atoms with E-state index in [-0.39, 0.29) is 28.7 Å². The van der Waals surface area contributed by atoms with E-state index in [0.717, 1.165) is 5.69 Å². The highest BCUT2D eigenvalue weighted by Gasteiger charge is 2.17. The van der Waals surface area contributed by atoms with Crippen LogP contribution >= 0.6 is 0 Å². The number of para-hydroxylation sites is 2. The molecule has 0 amide bonds. The summed E-state index contributed by atoms with van der Waals surface area (Å²) >= 11 is 0. The second-order valence-electron chi connectivity index (χ2n) is 5.76. The minimum Gasteiger partial charge on any atom is -0.401 e. The predicted octanol–water partition coefficient (Wildman–Crippen LogP) is 3.47. The van der Waals surface area contributed by atoms with Gasteiger partial charge >= 0.3 is 6.01 Å². The first-order chi connectivity index (χ1) is 13.1. The van der Waals surface area contributed by atoms with E-state index in [0.29, 0.717) is 5.69 Å². The van der Waals surface area contributed by atoms with E-state index < -0.39 is 5.82 Å². The van der Waals surface area contributed by atoms with E-state index in [1.807, 2.05) is 30.3 Å². The number of rotatable bonds is 4. The first kappa shape index (κ1) is 16.6. The Morgan fingerprint density at radius 2 is 1.78 bits per heavy atom. The summed E-state index contributed by atoms with van der Waals surface area (Å²) in [6, 6.07) is 16.9. The van der Waals surface area contributed by atoms with E-state index in [9.17, 15) is 9.18 Å². The van der Waals surface area contributed by atoms with E-state index >= 15 is 0 Å². The Labute approximate surface area is 153 Å². The maximum atomic E-state index is 13.7. The molecule has 2 heterocycles. The van der Waals surface area contributed by atoms with Crippen molar-refractivity contribution in [3.63, 3.8) is 0 Å². The van der Waals surface area contributed by atoms with Gasteiger partial charge in [0.15, 0.2) is 5.69 Å². The fourth-order valence-corrected chi connectivity index (χ4v) is 2.57. The fraction of sp³-hybridized carbons (Fsp3) is 0.0526. The molecule has 2 aromatic carbocycles. The molecule has 0 saturated carbocycles. The van der Waals surface area contributed by atoms with Crippen LogP contribution in [0.1, 0.15) is 5.69 Å². The van der Waals surface area contributed by atoms with Crippen LogP contribution in [0.4, 0.5) is 16.1 Å². The minimum atomic E-state index is -0.461. The lowest BCUT2D eigenvalue weighted by Crippen LogP contribution is -2.16. The molecular weight excluding hydrogens is 349 g/mol. The molecule has 0 aliphatic carbocycles. The molecule has 7 nitrogen and oxygen atoms in total. The molecule has 0 atom stereocenters. The molecule has 0 aliphatic heterocycles. The topological polar surface area (TPSA) is 85.8 Å². The number of hydrogen-bond donors (Lipinski definition) is 1. The third-order valence-electron chi connectivity index (χ3n) is 3.85. The van der Waals surface area contributed by atoms with E-state index in [1.54, 1.807) is 23.7 Å². The van der Waals surface area contributed by atoms with Crippen molar-refractivity contribution in [2.45, 2.75) is 6.92 Å². The summed E-state index contributed by atoms with van der Waals surface area (Å²) in [5.74, 6) is -0.513. The molecule has 0 fully saturated rings. The number of anilines is 2. The summed E-state index contributed by atoms with van der Waals surface area (Å²) < 4.78 is 20.8. The van der Waals surface area contributed by atoms with Gasteiger partial charge in [0.05, 0.1) is 11.4 Å². The molecule has 4 aromatic rings. The third kappa shape index (κ3) is 3.32. The van der Waals surface area contributed by atoms with Gasteiger partial charge in [0, 0.05) is 11.8 Å². The van der Waals surface area contributed by atoms with E-state index in [1.165, 1.54) is 18.2 Å². The SMILES string of the molecule is Cc1cc(=O)c(-c2nnc(Nc3ccccc3F)o2)nn1-c1ccccc1. The van der Waals surface area contributed by atoms with Gasteiger partial charge in [0.2, 0.25) is 5.43 Å². The summed E-state index contributed by atoms with van der Waals surface area (Å²) in [7, 11) is 0. The quantitative estimate of drug-likeness (QED) is 0.597. The van der Waals surface area contributed by atoms with Crippen molar-refractivity contribution in [2.75, 3.05) is 5.32 Å². The van der Waals surface area contributed by atoms with Crippen molar-refractivity contribution in [3.05, 3.63) is 82.4 Å². The molecule has 8 heteroatoms. The second-order valence-corrected chi connectivity index (χ2v) is 5.76. The highest BCUT2D eigenvalue weighted by Crippen LogP contribution is 2.21. The molecule has 0 bridgehead atoms. The average Bonchev–Trinajstić information content (AvgIpc) is 3.13. The molecule has 0 unspecified atom stereocenters. The van der Waals surface area contributed by atoms with E-state index in [4.69, 9.17) is 4.42 Å². The lowest BCUT2D eigenvalue weighted by atomic mass is 10.3. The van der Waals surface area contributed by atoms with Crippen molar-refractivity contribution in [1.82, 2.24) is 20.0 Å². The molecule has 27 heavy (non-hydrogen) atoms. The summed E-state index contributed by atoms with van der Waals surface area (Å²) in [4.78, 5) is 12.4. The number of aromatic nitrogens is 4. The maximum absolute atomic E-state index is 13.7. The van der Waals surface area contributed by atoms with Gasteiger partial charge < -0.3 is 9.73 Å². The van der Waals surface area contributed by atoms with Crippen molar-refractivity contribution in [2.24, 2.45) is 0 Å². The van der Waals surface area contributed by atoms with Crippen LogP contribution in [0.3, 0.4) is 0 Å². The third-order valence-corrected chi connectivity index (χ3v) is 3.85. The van der Waals surface area contributed by atoms with Crippen LogP contribution in [0.5, 0.6) is 0 Å². The van der Waals surface area contributed by atoms with Gasteiger partial charge in [-0.3, -0.25) is 4.79 Å². The molecule has 4 rings (SSSR count). The van der Waals surface area contributed by atoms with Crippen LogP contribution in [0.25, 0.3) is 17.3 Å². The first-order valence-electron chi connectivity index (χ1n) is 8.13. The Balaban J connectivity index is 1.71. The van der Waals surface area contributed by atoms with Gasteiger partial charge in [-0.15, -0.1) is 5.10 Å². The zero-order chi connectivity index (χ0) is 18.8. The van der Waals surface area contributed by atoms with Gasteiger partial charge in [-0.05, 0) is 31.2 Å². The largest absolute Gasteiger partial charge is 0.401 e. The maximum Gasteiger partial charge on any atom is 0.320 e. The van der Waals surface area contributed by atoms with Crippen LogP contribution in [0, 0.1) is 12.7 Å². The van der Waals surface area contributed by atoms with Crippen molar-refractivity contribution in [3.8, 4) is 17.3 Å². The van der Waals surface area contributed by atoms with Gasteiger partial charge in [-0.1, -0.05) is 35.4 Å². The first-order valence-corrected chi connectivity index (χ1v) is 8.13. The number of hydrogen-bond acceptors (Lipinski definition) is 6. The molecule has 0 saturated heterocycles. The van der Waals surface area contributed by atoms with Crippen LogP contribution in [0.2, 0.25) is 0 Å².